The smallest absolute Gasteiger partial charge is 0.475 e. The van der Waals surface area contributed by atoms with Crippen LogP contribution in [0.25, 0.3) is 5.57 Å². The molecule has 1 aromatic rings. The number of rotatable bonds is 25. The molecule has 2 heterocycles. The Labute approximate surface area is 267 Å². The third-order valence-electron chi connectivity index (χ3n) is 8.58. The normalized spacial score (nSPS) is 17.6. The van der Waals surface area contributed by atoms with Crippen LogP contribution in [0.1, 0.15) is 148 Å². The summed E-state index contributed by atoms with van der Waals surface area (Å²) in [6.07, 6.45) is 29.2. The maximum atomic E-state index is 12.4. The summed E-state index contributed by atoms with van der Waals surface area (Å²) >= 11 is 1.19. The Hall–Kier alpha value is -1.93. The predicted molar refractivity (Wildman–Crippen MR) is 179 cm³/mol. The molecule has 2 unspecified atom stereocenters. The van der Waals surface area contributed by atoms with Crippen LogP contribution in [-0.2, 0) is 9.47 Å². The number of carbonyl (C=O) groups excluding carboxylic acids is 1. The van der Waals surface area contributed by atoms with Crippen LogP contribution in [0.3, 0.4) is 0 Å². The lowest BCUT2D eigenvalue weighted by atomic mass is 10.0. The minimum absolute atomic E-state index is 0.318. The van der Waals surface area contributed by atoms with Crippen LogP contribution in [0, 0.1) is 0 Å². The van der Waals surface area contributed by atoms with Crippen LogP contribution in [0.4, 0.5) is 4.79 Å². The Morgan fingerprint density at radius 2 is 1.44 bits per heavy atom. The van der Waals surface area contributed by atoms with Gasteiger partial charge in [0.25, 0.3) is 5.88 Å². The van der Waals surface area contributed by atoms with E-state index in [-0.39, 0.29) is 6.23 Å². The Morgan fingerprint density at radius 1 is 0.860 bits per heavy atom. The van der Waals surface area contributed by atoms with Crippen molar-refractivity contribution in [1.29, 1.82) is 0 Å². The second-order valence-corrected chi connectivity index (χ2v) is 13.0. The largest absolute Gasteiger partial charge is 0.512 e. The van der Waals surface area contributed by atoms with Gasteiger partial charge in [-0.3, -0.25) is 4.48 Å². The van der Waals surface area contributed by atoms with Crippen LogP contribution in [0.5, 0.6) is 5.88 Å². The van der Waals surface area contributed by atoms with Gasteiger partial charge in [0.05, 0.1) is 38.5 Å². The molecule has 8 heteroatoms. The van der Waals surface area contributed by atoms with Crippen LogP contribution in [0.15, 0.2) is 18.2 Å². The average molecular weight is 621 g/mol. The number of hydrogen-bond donors (Lipinski definition) is 0. The second-order valence-electron chi connectivity index (χ2n) is 12.5. The summed E-state index contributed by atoms with van der Waals surface area (Å²) in [5.41, 5.74) is 1.94. The van der Waals surface area contributed by atoms with E-state index in [1.165, 1.54) is 108 Å². The maximum Gasteiger partial charge on any atom is 0.512 e. The van der Waals surface area contributed by atoms with E-state index in [1.807, 2.05) is 6.92 Å². The molecular weight excluding hydrogens is 558 g/mol. The minimum Gasteiger partial charge on any atom is -0.475 e. The molecule has 1 aliphatic rings. The lowest BCUT2D eigenvalue weighted by Gasteiger charge is -2.41. The molecule has 43 heavy (non-hydrogen) atoms. The second kappa shape index (κ2) is 23.5. The topological polar surface area (TPSA) is 70.5 Å². The number of ether oxygens (including phenoxy) is 3. The van der Waals surface area contributed by atoms with E-state index in [9.17, 15) is 4.79 Å². The molecule has 0 amide bonds. The Morgan fingerprint density at radius 3 is 2.12 bits per heavy atom. The zero-order valence-corrected chi connectivity index (χ0v) is 28.8. The van der Waals surface area contributed by atoms with Crippen LogP contribution in [-0.4, -0.2) is 59.0 Å². The van der Waals surface area contributed by atoms with Crippen LogP contribution in [0.2, 0.25) is 0 Å². The Balaban J connectivity index is 1.54. The molecule has 0 spiro atoms. The molecule has 0 bridgehead atoms. The van der Waals surface area contributed by atoms with E-state index < -0.39 is 6.16 Å². The fraction of sp³-hybridized carbons (Fsp3) is 0.800. The number of aromatic nitrogens is 2. The van der Waals surface area contributed by atoms with Crippen molar-refractivity contribution in [1.82, 2.24) is 8.75 Å². The first-order valence-electron chi connectivity index (χ1n) is 17.5. The van der Waals surface area contributed by atoms with Gasteiger partial charge in [-0.2, -0.15) is 4.37 Å². The first kappa shape index (κ1) is 37.3. The van der Waals surface area contributed by atoms with Crippen molar-refractivity contribution >= 4 is 23.5 Å². The van der Waals surface area contributed by atoms with E-state index in [4.69, 9.17) is 14.2 Å². The van der Waals surface area contributed by atoms with Gasteiger partial charge in [-0.15, -0.1) is 4.37 Å². The molecule has 1 aliphatic heterocycles. The van der Waals surface area contributed by atoms with E-state index in [1.54, 1.807) is 0 Å². The van der Waals surface area contributed by atoms with E-state index in [2.05, 4.69) is 47.9 Å². The molecule has 7 nitrogen and oxygen atoms in total. The highest BCUT2D eigenvalue weighted by molar-refractivity contribution is 6.99. The minimum atomic E-state index is -0.567. The first-order valence-corrected chi connectivity index (χ1v) is 18.2. The third-order valence-corrected chi connectivity index (χ3v) is 9.09. The predicted octanol–water partition coefficient (Wildman–Crippen LogP) is 10.3. The summed E-state index contributed by atoms with van der Waals surface area (Å²) in [4.78, 5) is 12.4. The van der Waals surface area contributed by atoms with Crippen molar-refractivity contribution in [2.75, 3.05) is 33.4 Å². The van der Waals surface area contributed by atoms with Crippen molar-refractivity contribution in [2.45, 2.75) is 149 Å². The van der Waals surface area contributed by atoms with Gasteiger partial charge in [-0.05, 0) is 38.5 Å². The van der Waals surface area contributed by atoms with Gasteiger partial charge < -0.3 is 14.2 Å². The molecule has 0 fully saturated rings. The monoisotopic (exact) mass is 620 g/mol. The molecule has 0 saturated heterocycles. The zero-order valence-electron chi connectivity index (χ0n) is 28.0. The SMILES string of the molecule is CCCCCCCC/C=C\CCCCCCCCOC(=O)OC(C)[N+]1(C)CCC=C(c2nsnc2OCCCCCC)C1. The molecule has 0 saturated carbocycles. The maximum absolute atomic E-state index is 12.4. The molecule has 1 aromatic heterocycles. The van der Waals surface area contributed by atoms with Crippen molar-refractivity contribution in [3.63, 3.8) is 0 Å². The van der Waals surface area contributed by atoms with Gasteiger partial charge in [0.2, 0.25) is 6.23 Å². The van der Waals surface area contributed by atoms with Crippen molar-refractivity contribution in [3.8, 4) is 5.88 Å². The van der Waals surface area contributed by atoms with Gasteiger partial charge in [0, 0.05) is 18.9 Å². The van der Waals surface area contributed by atoms with Gasteiger partial charge in [-0.25, -0.2) is 4.79 Å². The molecule has 2 atom stereocenters. The summed E-state index contributed by atoms with van der Waals surface area (Å²) < 4.78 is 26.7. The zero-order chi connectivity index (χ0) is 31.0. The molecule has 246 valence electrons. The van der Waals surface area contributed by atoms with Gasteiger partial charge in [-0.1, -0.05) is 109 Å². The van der Waals surface area contributed by atoms with Gasteiger partial charge >= 0.3 is 6.16 Å². The summed E-state index contributed by atoms with van der Waals surface area (Å²) in [5, 5.41) is 0. The number of hydrogen-bond acceptors (Lipinski definition) is 7. The summed E-state index contributed by atoms with van der Waals surface area (Å²) in [6.45, 7) is 9.12. The van der Waals surface area contributed by atoms with Crippen molar-refractivity contribution in [2.24, 2.45) is 0 Å². The number of nitrogens with zero attached hydrogens (tertiary/aromatic N) is 3. The van der Waals surface area contributed by atoms with Crippen LogP contribution < -0.4 is 4.74 Å². The summed E-state index contributed by atoms with van der Waals surface area (Å²) in [6, 6.07) is 0. The lowest BCUT2D eigenvalue weighted by molar-refractivity contribution is -0.944. The highest BCUT2D eigenvalue weighted by Gasteiger charge is 2.37. The van der Waals surface area contributed by atoms with Gasteiger partial charge in [0.15, 0.2) is 0 Å². The quantitative estimate of drug-likeness (QED) is 0.0469. The molecule has 0 aliphatic carbocycles. The fourth-order valence-electron chi connectivity index (χ4n) is 5.52. The van der Waals surface area contributed by atoms with E-state index in [0.717, 1.165) is 43.5 Å². The summed E-state index contributed by atoms with van der Waals surface area (Å²) in [7, 11) is 2.13. The number of likely N-dealkylation sites (N-methyl/N-ethyl adjacent to an activating group) is 1. The van der Waals surface area contributed by atoms with Gasteiger partial charge in [0.1, 0.15) is 12.2 Å². The van der Waals surface area contributed by atoms with E-state index >= 15 is 0 Å². The number of carbonyl (C=O) groups is 1. The summed E-state index contributed by atoms with van der Waals surface area (Å²) in [5.74, 6) is 0.629. The molecule has 0 aromatic carbocycles. The number of quaternary nitrogens is 1. The van der Waals surface area contributed by atoms with Crippen molar-refractivity contribution < 1.29 is 23.5 Å². The lowest BCUT2D eigenvalue weighted by Crippen LogP contribution is -2.55. The fourth-order valence-corrected chi connectivity index (χ4v) is 6.05. The molecule has 0 N–H and O–H groups in total. The Bertz CT molecular complexity index is 919. The number of unbranched alkanes of at least 4 members (excludes halogenated alkanes) is 15. The first-order chi connectivity index (χ1) is 21.0. The standard InChI is InChI=1S/C35H62N3O4S/c1-5-7-9-11-12-13-14-15-16-17-18-19-20-21-22-24-29-41-35(39)42-31(3)38(4)27-25-26-32(30-38)33-34(37-43-36-33)40-28-23-10-8-6-2/h15-16,26,31H,5-14,17-25,27-30H2,1-4H3/q+1/b16-15-. The molecular formula is C35H62N3O4S+. The highest BCUT2D eigenvalue weighted by Crippen LogP contribution is 2.31. The van der Waals surface area contributed by atoms with Crippen LogP contribution >= 0.6 is 11.7 Å². The molecule has 2 rings (SSSR count). The van der Waals surface area contributed by atoms with E-state index in [0.29, 0.717) is 30.1 Å². The van der Waals surface area contributed by atoms with Crippen molar-refractivity contribution in [3.05, 3.63) is 23.9 Å². The average Bonchev–Trinajstić information content (AvgIpc) is 3.47. The third kappa shape index (κ3) is 16.1. The number of allylic oxidation sites excluding steroid dienone is 2. The Kier molecular flexibility index (Phi) is 20.3. The molecule has 0 radical (unpaired) electrons. The highest BCUT2D eigenvalue weighted by atomic mass is 32.1.